The summed E-state index contributed by atoms with van der Waals surface area (Å²) in [6, 6.07) is 5.19. The summed E-state index contributed by atoms with van der Waals surface area (Å²) in [6.07, 6.45) is 1.56. The van der Waals surface area contributed by atoms with Crippen LogP contribution in [0.4, 0.5) is 11.4 Å². The van der Waals surface area contributed by atoms with E-state index in [2.05, 4.69) is 31.3 Å². The fourth-order valence-corrected chi connectivity index (χ4v) is 1.99. The molecule has 0 saturated carbocycles. The highest BCUT2D eigenvalue weighted by Gasteiger charge is 2.09. The van der Waals surface area contributed by atoms with Crippen LogP contribution in [0.3, 0.4) is 0 Å². The van der Waals surface area contributed by atoms with Gasteiger partial charge in [-0.1, -0.05) is 0 Å². The topological polar surface area (TPSA) is 90.7 Å². The van der Waals surface area contributed by atoms with Gasteiger partial charge in [0.05, 0.1) is 11.9 Å². The van der Waals surface area contributed by atoms with Crippen molar-refractivity contribution >= 4 is 27.3 Å². The van der Waals surface area contributed by atoms with Gasteiger partial charge in [-0.25, -0.2) is 0 Å². The van der Waals surface area contributed by atoms with Crippen LogP contribution in [0.2, 0.25) is 0 Å². The van der Waals surface area contributed by atoms with Gasteiger partial charge in [0.2, 0.25) is 0 Å². The van der Waals surface area contributed by atoms with Crippen LogP contribution in [0, 0.1) is 0 Å². The van der Waals surface area contributed by atoms with Crippen LogP contribution in [0.1, 0.15) is 0 Å². The maximum absolute atomic E-state index is 5.86. The first kappa shape index (κ1) is 9.85. The molecule has 0 spiro atoms. The molecule has 0 amide bonds. The minimum Gasteiger partial charge on any atom is -0.399 e. The van der Waals surface area contributed by atoms with E-state index in [4.69, 9.17) is 11.5 Å². The Bertz CT molecular complexity index is 462. The molecule has 2 rings (SSSR count). The van der Waals surface area contributed by atoms with Crippen molar-refractivity contribution in [2.24, 2.45) is 0 Å². The van der Waals surface area contributed by atoms with Gasteiger partial charge in [-0.15, -0.1) is 10.2 Å². The minimum atomic E-state index is 0.558. The first-order valence-electron chi connectivity index (χ1n) is 4.17. The number of nitrogens with zero attached hydrogens (tertiary/aromatic N) is 3. The van der Waals surface area contributed by atoms with Crippen molar-refractivity contribution < 1.29 is 0 Å². The van der Waals surface area contributed by atoms with Crippen LogP contribution in [-0.2, 0) is 0 Å². The Kier molecular flexibility index (Phi) is 2.51. The van der Waals surface area contributed by atoms with Crippen LogP contribution in [-0.4, -0.2) is 15.4 Å². The van der Waals surface area contributed by atoms with Gasteiger partial charge in [-0.2, -0.15) is 0 Å². The fraction of sp³-hybridized carbons (Fsp3) is 0. The summed E-state index contributed by atoms with van der Waals surface area (Å²) >= 11 is 3.39. The molecule has 0 atom stereocenters. The standard InChI is InChI=1S/C9H8BrN5/c10-6-3-5(11)4-7(12)9(6)8-1-2-13-15-14-8/h1-4H,11-12H2. The molecule has 0 fully saturated rings. The number of hydrogen-bond acceptors (Lipinski definition) is 5. The summed E-state index contributed by atoms with van der Waals surface area (Å²) < 4.78 is 0.792. The number of aromatic nitrogens is 3. The second kappa shape index (κ2) is 3.82. The minimum absolute atomic E-state index is 0.558. The number of anilines is 2. The highest BCUT2D eigenvalue weighted by molar-refractivity contribution is 9.10. The molecular weight excluding hydrogens is 258 g/mol. The van der Waals surface area contributed by atoms with Crippen molar-refractivity contribution in [3.63, 3.8) is 0 Å². The molecule has 0 aliphatic rings. The second-order valence-corrected chi connectivity index (χ2v) is 3.83. The quantitative estimate of drug-likeness (QED) is 0.762. The van der Waals surface area contributed by atoms with Crippen molar-refractivity contribution in [3.8, 4) is 11.3 Å². The Morgan fingerprint density at radius 2 is 2.00 bits per heavy atom. The summed E-state index contributed by atoms with van der Waals surface area (Å²) in [7, 11) is 0. The zero-order valence-corrected chi connectivity index (χ0v) is 9.27. The van der Waals surface area contributed by atoms with Gasteiger partial charge in [0, 0.05) is 21.4 Å². The van der Waals surface area contributed by atoms with E-state index in [-0.39, 0.29) is 0 Å². The second-order valence-electron chi connectivity index (χ2n) is 2.97. The monoisotopic (exact) mass is 265 g/mol. The molecule has 5 nitrogen and oxygen atoms in total. The van der Waals surface area contributed by atoms with Gasteiger partial charge in [0.25, 0.3) is 0 Å². The number of nitrogens with two attached hydrogens (primary N) is 2. The van der Waals surface area contributed by atoms with E-state index in [1.807, 2.05) is 0 Å². The van der Waals surface area contributed by atoms with Crippen LogP contribution >= 0.6 is 15.9 Å². The van der Waals surface area contributed by atoms with Crippen LogP contribution in [0.15, 0.2) is 28.9 Å². The van der Waals surface area contributed by atoms with E-state index in [1.165, 1.54) is 0 Å². The molecule has 0 unspecified atom stereocenters. The average Bonchev–Trinajstić information content (AvgIpc) is 2.17. The Morgan fingerprint density at radius 3 is 2.60 bits per heavy atom. The molecule has 1 aromatic carbocycles. The Morgan fingerprint density at radius 1 is 1.20 bits per heavy atom. The lowest BCUT2D eigenvalue weighted by molar-refractivity contribution is 0.870. The van der Waals surface area contributed by atoms with E-state index in [9.17, 15) is 0 Å². The largest absolute Gasteiger partial charge is 0.399 e. The lowest BCUT2D eigenvalue weighted by Gasteiger charge is -2.07. The third kappa shape index (κ3) is 1.89. The fourth-order valence-electron chi connectivity index (χ4n) is 1.29. The van der Waals surface area contributed by atoms with Gasteiger partial charge in [-0.05, 0) is 39.3 Å². The van der Waals surface area contributed by atoms with E-state index < -0.39 is 0 Å². The molecule has 0 bridgehead atoms. The molecule has 0 aliphatic carbocycles. The van der Waals surface area contributed by atoms with Crippen molar-refractivity contribution in [2.45, 2.75) is 0 Å². The van der Waals surface area contributed by atoms with Crippen LogP contribution < -0.4 is 11.5 Å². The summed E-state index contributed by atoms with van der Waals surface area (Å²) in [5.41, 5.74) is 14.1. The van der Waals surface area contributed by atoms with Crippen molar-refractivity contribution in [3.05, 3.63) is 28.9 Å². The number of benzene rings is 1. The SMILES string of the molecule is Nc1cc(N)c(-c2ccnnn2)c(Br)c1. The Hall–Kier alpha value is -1.69. The molecule has 76 valence electrons. The highest BCUT2D eigenvalue weighted by atomic mass is 79.9. The van der Waals surface area contributed by atoms with Crippen LogP contribution in [0.25, 0.3) is 11.3 Å². The first-order valence-corrected chi connectivity index (χ1v) is 4.97. The summed E-state index contributed by atoms with van der Waals surface area (Å²) in [6.45, 7) is 0. The van der Waals surface area contributed by atoms with Gasteiger partial charge in [0.1, 0.15) is 0 Å². The number of nitrogen functional groups attached to an aromatic ring is 2. The number of halogens is 1. The summed E-state index contributed by atoms with van der Waals surface area (Å²) in [4.78, 5) is 0. The summed E-state index contributed by atoms with van der Waals surface area (Å²) in [5.74, 6) is 0. The maximum Gasteiger partial charge on any atom is 0.0995 e. The lowest BCUT2D eigenvalue weighted by Crippen LogP contribution is -1.97. The van der Waals surface area contributed by atoms with Gasteiger partial charge in [-0.3, -0.25) is 0 Å². The molecule has 15 heavy (non-hydrogen) atoms. The van der Waals surface area contributed by atoms with E-state index in [1.54, 1.807) is 24.4 Å². The lowest BCUT2D eigenvalue weighted by atomic mass is 10.1. The van der Waals surface area contributed by atoms with Crippen molar-refractivity contribution in [2.75, 3.05) is 11.5 Å². The third-order valence-electron chi connectivity index (χ3n) is 1.90. The average molecular weight is 266 g/mol. The predicted octanol–water partition coefficient (Wildman–Crippen LogP) is 1.47. The van der Waals surface area contributed by atoms with E-state index >= 15 is 0 Å². The highest BCUT2D eigenvalue weighted by Crippen LogP contribution is 2.33. The molecule has 1 aromatic heterocycles. The molecule has 4 N–H and O–H groups in total. The molecule has 6 heteroatoms. The predicted molar refractivity (Wildman–Crippen MR) is 61.8 cm³/mol. The van der Waals surface area contributed by atoms with Crippen molar-refractivity contribution in [1.82, 2.24) is 15.4 Å². The number of rotatable bonds is 1. The maximum atomic E-state index is 5.86. The smallest absolute Gasteiger partial charge is 0.0995 e. The third-order valence-corrected chi connectivity index (χ3v) is 2.53. The van der Waals surface area contributed by atoms with E-state index in [0.29, 0.717) is 17.1 Å². The summed E-state index contributed by atoms with van der Waals surface area (Å²) in [5, 5.41) is 11.1. The molecule has 1 heterocycles. The normalized spacial score (nSPS) is 10.2. The molecule has 0 aliphatic heterocycles. The van der Waals surface area contributed by atoms with Gasteiger partial charge >= 0.3 is 0 Å². The molecule has 0 radical (unpaired) electrons. The molecule has 0 saturated heterocycles. The molecule has 2 aromatic rings. The Labute approximate surface area is 94.6 Å². The Balaban J connectivity index is 2.64. The van der Waals surface area contributed by atoms with Crippen LogP contribution in [0.5, 0.6) is 0 Å². The van der Waals surface area contributed by atoms with Crippen molar-refractivity contribution in [1.29, 1.82) is 0 Å². The van der Waals surface area contributed by atoms with E-state index in [0.717, 1.165) is 10.0 Å². The number of hydrogen-bond donors (Lipinski definition) is 2. The molecular formula is C9H8BrN5. The zero-order valence-electron chi connectivity index (χ0n) is 7.68. The first-order chi connectivity index (χ1) is 7.18. The van der Waals surface area contributed by atoms with Gasteiger partial charge in [0.15, 0.2) is 0 Å². The van der Waals surface area contributed by atoms with Gasteiger partial charge < -0.3 is 11.5 Å². The zero-order chi connectivity index (χ0) is 10.8.